The third kappa shape index (κ3) is 2.81. The molecular formula is C14H19FO3S. The maximum Gasteiger partial charge on any atom is 0.324 e. The van der Waals surface area contributed by atoms with Crippen LogP contribution in [0.25, 0.3) is 0 Å². The Balaban J connectivity index is 3.34. The van der Waals surface area contributed by atoms with E-state index in [1.807, 2.05) is 0 Å². The van der Waals surface area contributed by atoms with Gasteiger partial charge in [0.2, 0.25) is 0 Å². The zero-order valence-electron chi connectivity index (χ0n) is 11.7. The number of ether oxygens (including phenoxy) is 1. The van der Waals surface area contributed by atoms with E-state index in [4.69, 9.17) is 4.74 Å². The maximum atomic E-state index is 14.0. The summed E-state index contributed by atoms with van der Waals surface area (Å²) in [6.07, 6.45) is 0. The Labute approximate surface area is 113 Å². The van der Waals surface area contributed by atoms with E-state index in [9.17, 15) is 13.4 Å². The van der Waals surface area contributed by atoms with Crippen molar-refractivity contribution in [1.82, 2.24) is 0 Å². The van der Waals surface area contributed by atoms with Gasteiger partial charge in [0.1, 0.15) is 10.6 Å². The first kappa shape index (κ1) is 15.7. The van der Waals surface area contributed by atoms with Crippen molar-refractivity contribution in [3.05, 3.63) is 29.6 Å². The zero-order valence-corrected chi connectivity index (χ0v) is 12.5. The summed E-state index contributed by atoms with van der Waals surface area (Å²) in [5.41, 5.74) is 0.713. The van der Waals surface area contributed by atoms with Crippen LogP contribution in [-0.4, -0.2) is 27.4 Å². The first-order valence-electron chi connectivity index (χ1n) is 5.94. The molecule has 3 nitrogen and oxygen atoms in total. The molecular weight excluding hydrogens is 267 g/mol. The molecule has 0 aliphatic rings. The maximum absolute atomic E-state index is 14.0. The molecule has 0 aliphatic heterocycles. The van der Waals surface area contributed by atoms with E-state index in [-0.39, 0.29) is 11.5 Å². The molecule has 0 fully saturated rings. The molecule has 0 N–H and O–H groups in total. The van der Waals surface area contributed by atoms with Crippen molar-refractivity contribution in [2.75, 3.05) is 6.61 Å². The molecule has 19 heavy (non-hydrogen) atoms. The first-order chi connectivity index (χ1) is 8.64. The van der Waals surface area contributed by atoms with Crippen LogP contribution in [0.3, 0.4) is 0 Å². The van der Waals surface area contributed by atoms with Gasteiger partial charge in [-0.05, 0) is 51.3 Å². The average Bonchev–Trinajstić information content (AvgIpc) is 2.28. The predicted molar refractivity (Wildman–Crippen MR) is 75.4 cm³/mol. The fraction of sp³-hybridized carbons (Fsp3) is 0.429. The van der Waals surface area contributed by atoms with Gasteiger partial charge in [-0.3, -0.25) is 9.00 Å². The van der Waals surface area contributed by atoms with Crippen molar-refractivity contribution in [2.45, 2.75) is 37.3 Å². The van der Waals surface area contributed by atoms with E-state index in [1.165, 1.54) is 26.0 Å². The van der Waals surface area contributed by atoms with Gasteiger partial charge in [0.05, 0.1) is 11.5 Å². The SMILES string of the molecule is C=S(=O)(c1ccc(C)cc1F)C(C)(C)C(=O)OCC. The van der Waals surface area contributed by atoms with Crippen LogP contribution in [0, 0.1) is 12.7 Å². The van der Waals surface area contributed by atoms with Gasteiger partial charge in [-0.1, -0.05) is 6.07 Å². The number of hydrogen-bond acceptors (Lipinski definition) is 3. The lowest BCUT2D eigenvalue weighted by atomic mass is 10.2. The van der Waals surface area contributed by atoms with Crippen LogP contribution in [0.5, 0.6) is 0 Å². The summed E-state index contributed by atoms with van der Waals surface area (Å²) in [6, 6.07) is 4.34. The van der Waals surface area contributed by atoms with Gasteiger partial charge in [0.25, 0.3) is 0 Å². The number of benzene rings is 1. The molecule has 1 aromatic carbocycles. The van der Waals surface area contributed by atoms with Crippen LogP contribution in [0.1, 0.15) is 26.3 Å². The topological polar surface area (TPSA) is 43.4 Å². The summed E-state index contributed by atoms with van der Waals surface area (Å²) >= 11 is 0. The lowest BCUT2D eigenvalue weighted by molar-refractivity contribution is -0.145. The highest BCUT2D eigenvalue weighted by molar-refractivity contribution is 8.02. The van der Waals surface area contributed by atoms with Crippen LogP contribution < -0.4 is 0 Å². The molecule has 0 amide bonds. The van der Waals surface area contributed by atoms with Gasteiger partial charge in [0, 0.05) is 9.52 Å². The molecule has 0 heterocycles. The lowest BCUT2D eigenvalue weighted by Crippen LogP contribution is -2.42. The highest BCUT2D eigenvalue weighted by Gasteiger charge is 2.40. The Bertz CT molecular complexity index is 589. The summed E-state index contributed by atoms with van der Waals surface area (Å²) < 4.78 is 30.3. The summed E-state index contributed by atoms with van der Waals surface area (Å²) in [5.74, 6) is 2.34. The molecule has 0 spiro atoms. The van der Waals surface area contributed by atoms with Crippen molar-refractivity contribution in [3.8, 4) is 0 Å². The minimum Gasteiger partial charge on any atom is -0.465 e. The van der Waals surface area contributed by atoms with E-state index in [0.29, 0.717) is 5.56 Å². The number of hydrogen-bond donors (Lipinski definition) is 0. The average molecular weight is 286 g/mol. The molecule has 1 rings (SSSR count). The number of esters is 1. The molecule has 0 aliphatic carbocycles. The minimum absolute atomic E-state index is 0.0452. The normalized spacial score (nSPS) is 14.8. The second kappa shape index (κ2) is 5.33. The smallest absolute Gasteiger partial charge is 0.324 e. The number of carbonyl (C=O) groups is 1. The van der Waals surface area contributed by atoms with Crippen molar-refractivity contribution in [2.24, 2.45) is 0 Å². The van der Waals surface area contributed by atoms with Crippen LogP contribution in [-0.2, 0) is 19.1 Å². The molecule has 0 aromatic heterocycles. The van der Waals surface area contributed by atoms with Crippen molar-refractivity contribution in [3.63, 3.8) is 0 Å². The van der Waals surface area contributed by atoms with Crippen molar-refractivity contribution >= 4 is 21.4 Å². The van der Waals surface area contributed by atoms with Crippen molar-refractivity contribution < 1.29 is 18.1 Å². The second-order valence-corrected chi connectivity index (χ2v) is 7.65. The summed E-state index contributed by atoms with van der Waals surface area (Å²) in [7, 11) is -3.16. The van der Waals surface area contributed by atoms with Gasteiger partial charge in [-0.25, -0.2) is 4.39 Å². The van der Waals surface area contributed by atoms with Crippen LogP contribution >= 0.6 is 0 Å². The van der Waals surface area contributed by atoms with Gasteiger partial charge in [-0.15, -0.1) is 0 Å². The Morgan fingerprint density at radius 1 is 1.47 bits per heavy atom. The number of rotatable bonds is 4. The molecule has 1 aromatic rings. The lowest BCUT2D eigenvalue weighted by Gasteiger charge is -2.27. The van der Waals surface area contributed by atoms with E-state index in [0.717, 1.165) is 0 Å². The molecule has 0 saturated carbocycles. The van der Waals surface area contributed by atoms with Crippen LogP contribution in [0.15, 0.2) is 23.1 Å². The fourth-order valence-corrected chi connectivity index (χ4v) is 3.13. The predicted octanol–water partition coefficient (Wildman–Crippen LogP) is 2.55. The highest BCUT2D eigenvalue weighted by atomic mass is 32.2. The summed E-state index contributed by atoms with van der Waals surface area (Å²) in [5, 5.41) is 0. The first-order valence-corrected chi connectivity index (χ1v) is 7.67. The van der Waals surface area contributed by atoms with Gasteiger partial charge in [0.15, 0.2) is 0 Å². The quantitative estimate of drug-likeness (QED) is 0.631. The highest BCUT2D eigenvalue weighted by Crippen LogP contribution is 2.29. The van der Waals surface area contributed by atoms with Gasteiger partial charge < -0.3 is 4.74 Å². The molecule has 5 heteroatoms. The van der Waals surface area contributed by atoms with E-state index in [2.05, 4.69) is 5.87 Å². The number of aryl methyl sites for hydroxylation is 1. The summed E-state index contributed by atoms with van der Waals surface area (Å²) in [4.78, 5) is 11.9. The van der Waals surface area contributed by atoms with Crippen LogP contribution in [0.4, 0.5) is 4.39 Å². The zero-order chi connectivity index (χ0) is 14.8. The third-order valence-corrected chi connectivity index (χ3v) is 5.89. The van der Waals surface area contributed by atoms with E-state index < -0.39 is 26.1 Å². The fourth-order valence-electron chi connectivity index (χ4n) is 1.59. The van der Waals surface area contributed by atoms with Gasteiger partial charge >= 0.3 is 5.97 Å². The van der Waals surface area contributed by atoms with Gasteiger partial charge in [-0.2, -0.15) is 0 Å². The molecule has 0 radical (unpaired) electrons. The Morgan fingerprint density at radius 2 is 2.05 bits per heavy atom. The number of carbonyl (C=O) groups excluding carboxylic acids is 1. The van der Waals surface area contributed by atoms with E-state index in [1.54, 1.807) is 19.9 Å². The van der Waals surface area contributed by atoms with Crippen LogP contribution in [0.2, 0.25) is 0 Å². The molecule has 106 valence electrons. The standard InChI is InChI=1S/C14H19FO3S/c1-6-18-13(16)14(3,4)19(5,17)12-8-7-10(2)9-11(12)15/h7-9H,5-6H2,1-4H3. The molecule has 1 atom stereocenters. The number of halogens is 1. The summed E-state index contributed by atoms with van der Waals surface area (Å²) in [6.45, 7) is 6.48. The molecule has 0 saturated heterocycles. The monoisotopic (exact) mass is 286 g/mol. The molecule has 0 bridgehead atoms. The van der Waals surface area contributed by atoms with E-state index >= 15 is 0 Å². The largest absolute Gasteiger partial charge is 0.465 e. The third-order valence-electron chi connectivity index (χ3n) is 3.03. The molecule has 1 unspecified atom stereocenters. The Kier molecular flexibility index (Phi) is 4.40. The minimum atomic E-state index is -3.16. The second-order valence-electron chi connectivity index (χ2n) is 4.84. The van der Waals surface area contributed by atoms with Crippen molar-refractivity contribution in [1.29, 1.82) is 0 Å². The Morgan fingerprint density at radius 3 is 2.53 bits per heavy atom. The Hall–Kier alpha value is -1.36.